The van der Waals surface area contributed by atoms with Crippen molar-refractivity contribution in [2.24, 2.45) is 4.99 Å². The molecule has 6 nitrogen and oxygen atoms in total. The van der Waals surface area contributed by atoms with Crippen molar-refractivity contribution in [2.45, 2.75) is 39.5 Å². The number of rotatable bonds is 5. The molecule has 0 amide bonds. The van der Waals surface area contributed by atoms with Gasteiger partial charge >= 0.3 is 0 Å². The molecule has 6 heteroatoms. The first-order valence-corrected chi connectivity index (χ1v) is 7.57. The van der Waals surface area contributed by atoms with Gasteiger partial charge in [-0.1, -0.05) is 6.07 Å². The summed E-state index contributed by atoms with van der Waals surface area (Å²) in [7, 11) is 1.73. The highest BCUT2D eigenvalue weighted by Crippen LogP contribution is 2.15. The van der Waals surface area contributed by atoms with Crippen LogP contribution in [-0.4, -0.2) is 23.6 Å². The Morgan fingerprint density at radius 1 is 1.22 bits per heavy atom. The van der Waals surface area contributed by atoms with Crippen LogP contribution in [-0.2, 0) is 13.1 Å². The molecule has 0 spiro atoms. The molecule has 0 fully saturated rings. The summed E-state index contributed by atoms with van der Waals surface area (Å²) in [4.78, 5) is 8.49. The monoisotopic (exact) mass is 316 g/mol. The van der Waals surface area contributed by atoms with Gasteiger partial charge in [0.1, 0.15) is 11.4 Å². The van der Waals surface area contributed by atoms with E-state index in [1.807, 2.05) is 45.0 Å². The Labute approximate surface area is 137 Å². The van der Waals surface area contributed by atoms with E-state index in [0.29, 0.717) is 24.9 Å². The van der Waals surface area contributed by atoms with E-state index in [4.69, 9.17) is 9.15 Å². The van der Waals surface area contributed by atoms with Crippen molar-refractivity contribution in [1.29, 1.82) is 0 Å². The van der Waals surface area contributed by atoms with Gasteiger partial charge in [0.2, 0.25) is 5.88 Å². The van der Waals surface area contributed by atoms with Gasteiger partial charge in [-0.2, -0.15) is 0 Å². The third-order valence-corrected chi connectivity index (χ3v) is 2.90. The molecule has 0 saturated carbocycles. The van der Waals surface area contributed by atoms with Crippen molar-refractivity contribution in [3.8, 4) is 5.88 Å². The maximum absolute atomic E-state index is 5.71. The van der Waals surface area contributed by atoms with Crippen molar-refractivity contribution in [3.05, 3.63) is 48.0 Å². The molecule has 2 heterocycles. The maximum atomic E-state index is 5.71. The number of aliphatic imine (C=N–C) groups is 1. The fourth-order valence-electron chi connectivity index (χ4n) is 1.88. The third kappa shape index (κ3) is 6.02. The first kappa shape index (κ1) is 16.9. The van der Waals surface area contributed by atoms with Crippen LogP contribution in [0.3, 0.4) is 0 Å². The SMILES string of the molecule is CN=C(NCc1ccc(OC(C)(C)C)nc1)NCc1ccco1. The topological polar surface area (TPSA) is 71.7 Å². The Kier molecular flexibility index (Phi) is 5.62. The van der Waals surface area contributed by atoms with Gasteiger partial charge in [-0.05, 0) is 38.5 Å². The summed E-state index contributed by atoms with van der Waals surface area (Å²) in [5.41, 5.74) is 0.803. The van der Waals surface area contributed by atoms with Gasteiger partial charge in [0.05, 0.1) is 12.8 Å². The van der Waals surface area contributed by atoms with Crippen molar-refractivity contribution in [2.75, 3.05) is 7.05 Å². The van der Waals surface area contributed by atoms with E-state index >= 15 is 0 Å². The van der Waals surface area contributed by atoms with Gasteiger partial charge in [-0.3, -0.25) is 4.99 Å². The van der Waals surface area contributed by atoms with Crippen molar-refractivity contribution in [1.82, 2.24) is 15.6 Å². The average molecular weight is 316 g/mol. The van der Waals surface area contributed by atoms with E-state index in [9.17, 15) is 0 Å². The zero-order chi connectivity index (χ0) is 16.7. The number of furan rings is 1. The normalized spacial score (nSPS) is 12.1. The molecular formula is C17H24N4O2. The molecule has 0 atom stereocenters. The molecule has 23 heavy (non-hydrogen) atoms. The molecule has 0 unspecified atom stereocenters. The Balaban J connectivity index is 1.81. The van der Waals surface area contributed by atoms with Gasteiger partial charge in [0, 0.05) is 25.9 Å². The van der Waals surface area contributed by atoms with Crippen LogP contribution in [0.1, 0.15) is 32.1 Å². The molecule has 2 N–H and O–H groups in total. The lowest BCUT2D eigenvalue weighted by atomic mass is 10.2. The number of nitrogens with one attached hydrogen (secondary N) is 2. The number of hydrogen-bond acceptors (Lipinski definition) is 4. The highest BCUT2D eigenvalue weighted by Gasteiger charge is 2.12. The second kappa shape index (κ2) is 7.67. The van der Waals surface area contributed by atoms with Crippen LogP contribution in [0.25, 0.3) is 0 Å². The van der Waals surface area contributed by atoms with Crippen LogP contribution >= 0.6 is 0 Å². The van der Waals surface area contributed by atoms with E-state index in [2.05, 4.69) is 20.6 Å². The van der Waals surface area contributed by atoms with Gasteiger partial charge in [0.15, 0.2) is 5.96 Å². The van der Waals surface area contributed by atoms with Gasteiger partial charge in [-0.25, -0.2) is 4.98 Å². The van der Waals surface area contributed by atoms with Gasteiger partial charge in [-0.15, -0.1) is 0 Å². The van der Waals surface area contributed by atoms with Gasteiger partial charge < -0.3 is 19.8 Å². The lowest BCUT2D eigenvalue weighted by Crippen LogP contribution is -2.36. The zero-order valence-electron chi connectivity index (χ0n) is 14.1. The molecule has 0 aliphatic heterocycles. The largest absolute Gasteiger partial charge is 0.472 e. The Morgan fingerprint density at radius 2 is 2.00 bits per heavy atom. The maximum Gasteiger partial charge on any atom is 0.213 e. The molecule has 2 rings (SSSR count). The molecule has 0 aliphatic carbocycles. The highest BCUT2D eigenvalue weighted by atomic mass is 16.5. The Morgan fingerprint density at radius 3 is 2.57 bits per heavy atom. The predicted octanol–water partition coefficient (Wildman–Crippen LogP) is 2.72. The Hall–Kier alpha value is -2.50. The molecule has 0 aromatic carbocycles. The number of ether oxygens (including phenoxy) is 1. The fraction of sp³-hybridized carbons (Fsp3) is 0.412. The second-order valence-electron chi connectivity index (χ2n) is 6.08. The minimum Gasteiger partial charge on any atom is -0.472 e. The first-order valence-electron chi connectivity index (χ1n) is 7.57. The third-order valence-electron chi connectivity index (χ3n) is 2.90. The molecule has 2 aromatic rings. The number of aromatic nitrogens is 1. The number of hydrogen-bond donors (Lipinski definition) is 2. The van der Waals surface area contributed by atoms with Crippen LogP contribution in [0.2, 0.25) is 0 Å². The molecule has 2 aromatic heterocycles. The first-order chi connectivity index (χ1) is 11.0. The molecule has 0 aliphatic rings. The Bertz CT molecular complexity index is 613. The van der Waals surface area contributed by atoms with Crippen LogP contribution in [0, 0.1) is 0 Å². The number of guanidine groups is 1. The quantitative estimate of drug-likeness (QED) is 0.655. The van der Waals surface area contributed by atoms with E-state index in [1.165, 1.54) is 0 Å². The van der Waals surface area contributed by atoms with Crippen molar-refractivity contribution in [3.63, 3.8) is 0 Å². The lowest BCUT2D eigenvalue weighted by Gasteiger charge is -2.20. The van der Waals surface area contributed by atoms with Gasteiger partial charge in [0.25, 0.3) is 0 Å². The van der Waals surface area contributed by atoms with Crippen LogP contribution < -0.4 is 15.4 Å². The predicted molar refractivity (Wildman–Crippen MR) is 90.4 cm³/mol. The summed E-state index contributed by atoms with van der Waals surface area (Å²) in [6.07, 6.45) is 3.45. The number of pyridine rings is 1. The van der Waals surface area contributed by atoms with Crippen molar-refractivity contribution >= 4 is 5.96 Å². The second-order valence-corrected chi connectivity index (χ2v) is 6.08. The van der Waals surface area contributed by atoms with Crippen molar-refractivity contribution < 1.29 is 9.15 Å². The standard InChI is InChI=1S/C17H24N4O2/c1-17(2,3)23-15-8-7-13(10-19-15)11-20-16(18-4)21-12-14-6-5-9-22-14/h5-10H,11-12H2,1-4H3,(H2,18,20,21). The minimum absolute atomic E-state index is 0.245. The number of nitrogens with zero attached hydrogens (tertiary/aromatic N) is 2. The highest BCUT2D eigenvalue weighted by molar-refractivity contribution is 5.79. The van der Waals surface area contributed by atoms with Crippen LogP contribution in [0.5, 0.6) is 5.88 Å². The smallest absolute Gasteiger partial charge is 0.213 e. The van der Waals surface area contributed by atoms with E-state index in [-0.39, 0.29) is 5.60 Å². The summed E-state index contributed by atoms with van der Waals surface area (Å²) in [6, 6.07) is 7.64. The summed E-state index contributed by atoms with van der Waals surface area (Å²) >= 11 is 0. The molecular weight excluding hydrogens is 292 g/mol. The van der Waals surface area contributed by atoms with Crippen LogP contribution in [0.4, 0.5) is 0 Å². The van der Waals surface area contributed by atoms with Crippen LogP contribution in [0.15, 0.2) is 46.1 Å². The van der Waals surface area contributed by atoms with E-state index < -0.39 is 0 Å². The van der Waals surface area contributed by atoms with E-state index in [1.54, 1.807) is 19.5 Å². The summed E-state index contributed by atoms with van der Waals surface area (Å²) in [5.74, 6) is 2.19. The fourth-order valence-corrected chi connectivity index (χ4v) is 1.88. The summed E-state index contributed by atoms with van der Waals surface area (Å²) < 4.78 is 11.0. The summed E-state index contributed by atoms with van der Waals surface area (Å²) in [6.45, 7) is 7.21. The zero-order valence-corrected chi connectivity index (χ0v) is 14.1. The molecule has 0 radical (unpaired) electrons. The lowest BCUT2D eigenvalue weighted by molar-refractivity contribution is 0.124. The minimum atomic E-state index is -0.245. The average Bonchev–Trinajstić information content (AvgIpc) is 3.01. The van der Waals surface area contributed by atoms with E-state index in [0.717, 1.165) is 11.3 Å². The summed E-state index contributed by atoms with van der Waals surface area (Å²) in [5, 5.41) is 6.42. The molecule has 0 saturated heterocycles. The molecule has 124 valence electrons. The molecule has 0 bridgehead atoms.